The van der Waals surface area contributed by atoms with Crippen molar-refractivity contribution in [2.45, 2.75) is 110 Å². The highest BCUT2D eigenvalue weighted by atomic mass is 28.4. The van der Waals surface area contributed by atoms with Gasteiger partial charge < -0.3 is 9.53 Å². The molecule has 0 unspecified atom stereocenters. The molecule has 2 aromatic rings. The van der Waals surface area contributed by atoms with Crippen LogP contribution in [0.2, 0.25) is 18.1 Å². The van der Waals surface area contributed by atoms with E-state index in [4.69, 9.17) is 4.43 Å². The van der Waals surface area contributed by atoms with Crippen LogP contribution in [0, 0.1) is 11.2 Å². The van der Waals surface area contributed by atoms with Crippen molar-refractivity contribution in [3.8, 4) is 11.1 Å². The predicted molar refractivity (Wildman–Crippen MR) is 142 cm³/mol. The molecule has 1 N–H and O–H groups in total. The molecule has 0 bridgehead atoms. The van der Waals surface area contributed by atoms with Crippen molar-refractivity contribution >= 4 is 8.32 Å². The van der Waals surface area contributed by atoms with Crippen molar-refractivity contribution in [2.75, 3.05) is 0 Å². The molecule has 0 heterocycles. The van der Waals surface area contributed by atoms with Gasteiger partial charge in [0.25, 0.3) is 0 Å². The molecule has 186 valence electrons. The van der Waals surface area contributed by atoms with E-state index in [0.717, 1.165) is 29.5 Å². The Bertz CT molecular complexity index is 1030. The molecule has 1 atom stereocenters. The standard InChI is InChI=1S/C30H43FO2Si/c1-29(2,3)34(6,7)33-26-18-30(4,5)17-22-16-24(20-10-8-9-11-20)25(19-32)27(28(22)26)21-12-14-23(31)15-13-21/h12-16,20,26,32H,8-11,17-19H2,1-7H3/t26-/m0/s1. The third kappa shape index (κ3) is 4.92. The Morgan fingerprint density at radius 2 is 1.71 bits per heavy atom. The fraction of sp³-hybridized carbons (Fsp3) is 0.600. The molecule has 4 heteroatoms. The molecule has 2 nitrogen and oxygen atoms in total. The first-order valence-corrected chi connectivity index (χ1v) is 16.0. The molecular formula is C30H43FO2Si. The van der Waals surface area contributed by atoms with Crippen molar-refractivity contribution in [3.63, 3.8) is 0 Å². The number of rotatable bonds is 5. The summed E-state index contributed by atoms with van der Waals surface area (Å²) in [5.74, 6) is 0.266. The average Bonchev–Trinajstić information content (AvgIpc) is 3.26. The summed E-state index contributed by atoms with van der Waals surface area (Å²) in [7, 11) is -2.05. The minimum atomic E-state index is -2.05. The first kappa shape index (κ1) is 25.6. The van der Waals surface area contributed by atoms with Crippen molar-refractivity contribution in [2.24, 2.45) is 5.41 Å². The third-order valence-corrected chi connectivity index (χ3v) is 13.1. The van der Waals surface area contributed by atoms with Crippen LogP contribution >= 0.6 is 0 Å². The highest BCUT2D eigenvalue weighted by Crippen LogP contribution is 2.52. The number of aliphatic hydroxyl groups is 1. The minimum absolute atomic E-state index is 0.00201. The number of benzene rings is 2. The fourth-order valence-electron chi connectivity index (χ4n) is 5.88. The predicted octanol–water partition coefficient (Wildman–Crippen LogP) is 8.68. The van der Waals surface area contributed by atoms with E-state index in [0.29, 0.717) is 5.92 Å². The van der Waals surface area contributed by atoms with Crippen LogP contribution in [0.15, 0.2) is 30.3 Å². The molecule has 0 amide bonds. The Hall–Kier alpha value is -1.49. The molecule has 0 aromatic heterocycles. The Labute approximate surface area is 207 Å². The molecule has 1 fully saturated rings. The van der Waals surface area contributed by atoms with E-state index in [1.807, 2.05) is 12.1 Å². The summed E-state index contributed by atoms with van der Waals surface area (Å²) in [4.78, 5) is 0. The maximum Gasteiger partial charge on any atom is 0.192 e. The lowest BCUT2D eigenvalue weighted by Gasteiger charge is -2.45. The lowest BCUT2D eigenvalue weighted by molar-refractivity contribution is 0.108. The SMILES string of the molecule is CC1(C)Cc2cc(C3CCCC3)c(CO)c(-c3ccc(F)cc3)c2[C@@H](O[Si](C)(C)C(C)(C)C)C1. The Balaban J connectivity index is 1.98. The molecule has 2 aromatic carbocycles. The number of hydrogen-bond donors (Lipinski definition) is 1. The van der Waals surface area contributed by atoms with Crippen molar-refractivity contribution < 1.29 is 13.9 Å². The maximum absolute atomic E-state index is 13.9. The zero-order valence-electron chi connectivity index (χ0n) is 22.2. The van der Waals surface area contributed by atoms with Gasteiger partial charge in [0.15, 0.2) is 8.32 Å². The van der Waals surface area contributed by atoms with Crippen LogP contribution in [-0.4, -0.2) is 13.4 Å². The molecular weight excluding hydrogens is 439 g/mol. The summed E-state index contributed by atoms with van der Waals surface area (Å²) in [6, 6.07) is 9.26. The summed E-state index contributed by atoms with van der Waals surface area (Å²) < 4.78 is 21.1. The van der Waals surface area contributed by atoms with Crippen molar-refractivity contribution in [1.29, 1.82) is 0 Å². The molecule has 1 saturated carbocycles. The van der Waals surface area contributed by atoms with Crippen molar-refractivity contribution in [3.05, 3.63) is 58.4 Å². The zero-order chi connectivity index (χ0) is 24.9. The van der Waals surface area contributed by atoms with Gasteiger partial charge in [0.05, 0.1) is 12.7 Å². The average molecular weight is 483 g/mol. The maximum atomic E-state index is 13.9. The first-order chi connectivity index (χ1) is 15.8. The van der Waals surface area contributed by atoms with Crippen LogP contribution in [0.4, 0.5) is 4.39 Å². The van der Waals surface area contributed by atoms with Gasteiger partial charge in [0, 0.05) is 0 Å². The molecule has 0 radical (unpaired) electrons. The lowest BCUT2D eigenvalue weighted by atomic mass is 9.69. The largest absolute Gasteiger partial charge is 0.410 e. The number of hydrogen-bond acceptors (Lipinski definition) is 2. The summed E-state index contributed by atoms with van der Waals surface area (Å²) in [5, 5.41) is 10.8. The van der Waals surface area contributed by atoms with Crippen LogP contribution in [0.3, 0.4) is 0 Å². The van der Waals surface area contributed by atoms with Crippen LogP contribution in [0.1, 0.15) is 101 Å². The monoisotopic (exact) mass is 482 g/mol. The molecule has 0 spiro atoms. The number of halogens is 1. The van der Waals surface area contributed by atoms with E-state index in [1.54, 1.807) is 12.1 Å². The second-order valence-corrected chi connectivity index (χ2v) is 17.7. The zero-order valence-corrected chi connectivity index (χ0v) is 23.2. The quantitative estimate of drug-likeness (QED) is 0.432. The molecule has 0 aliphatic heterocycles. The van der Waals surface area contributed by atoms with E-state index in [1.165, 1.54) is 42.4 Å². The van der Waals surface area contributed by atoms with Gasteiger partial charge in [0.1, 0.15) is 5.82 Å². The second-order valence-electron chi connectivity index (χ2n) is 13.0. The van der Waals surface area contributed by atoms with E-state index in [9.17, 15) is 9.50 Å². The minimum Gasteiger partial charge on any atom is -0.410 e. The first-order valence-electron chi connectivity index (χ1n) is 13.1. The highest BCUT2D eigenvalue weighted by Gasteiger charge is 2.44. The third-order valence-electron chi connectivity index (χ3n) is 8.65. The Morgan fingerprint density at radius 3 is 2.26 bits per heavy atom. The lowest BCUT2D eigenvalue weighted by Crippen LogP contribution is -2.43. The summed E-state index contributed by atoms with van der Waals surface area (Å²) in [6.45, 7) is 16.2. The normalized spacial score (nSPS) is 21.0. The number of fused-ring (bicyclic) bond motifs is 1. The Kier molecular flexibility index (Phi) is 6.91. The van der Waals surface area contributed by atoms with Crippen LogP contribution < -0.4 is 0 Å². The van der Waals surface area contributed by atoms with Gasteiger partial charge >= 0.3 is 0 Å². The second kappa shape index (κ2) is 9.18. The highest BCUT2D eigenvalue weighted by molar-refractivity contribution is 6.74. The van der Waals surface area contributed by atoms with E-state index in [-0.39, 0.29) is 29.0 Å². The summed E-state index contributed by atoms with van der Waals surface area (Å²) in [6.07, 6.45) is 6.79. The van der Waals surface area contributed by atoms with Crippen LogP contribution in [0.25, 0.3) is 11.1 Å². The summed E-state index contributed by atoms with van der Waals surface area (Å²) >= 11 is 0. The van der Waals surface area contributed by atoms with Gasteiger partial charge in [-0.25, -0.2) is 4.39 Å². The number of aliphatic hydroxyl groups excluding tert-OH is 1. The van der Waals surface area contributed by atoms with Gasteiger partial charge in [-0.05, 0) is 101 Å². The van der Waals surface area contributed by atoms with E-state index < -0.39 is 8.32 Å². The summed E-state index contributed by atoms with van der Waals surface area (Å²) in [5.41, 5.74) is 7.15. The Morgan fingerprint density at radius 1 is 1.09 bits per heavy atom. The van der Waals surface area contributed by atoms with Gasteiger partial charge in [0.2, 0.25) is 0 Å². The van der Waals surface area contributed by atoms with Crippen molar-refractivity contribution in [1.82, 2.24) is 0 Å². The van der Waals surface area contributed by atoms with E-state index >= 15 is 0 Å². The molecule has 2 aliphatic rings. The smallest absolute Gasteiger partial charge is 0.192 e. The van der Waals surface area contributed by atoms with Crippen LogP contribution in [-0.2, 0) is 17.5 Å². The molecule has 34 heavy (non-hydrogen) atoms. The van der Waals surface area contributed by atoms with Crippen LogP contribution in [0.5, 0.6) is 0 Å². The molecule has 2 aliphatic carbocycles. The van der Waals surface area contributed by atoms with E-state index in [2.05, 4.69) is 53.8 Å². The molecule has 0 saturated heterocycles. The van der Waals surface area contributed by atoms with Gasteiger partial charge in [-0.15, -0.1) is 0 Å². The molecule has 4 rings (SSSR count). The van der Waals surface area contributed by atoms with Gasteiger partial charge in [-0.1, -0.05) is 65.7 Å². The van der Waals surface area contributed by atoms with Gasteiger partial charge in [-0.3, -0.25) is 0 Å². The fourth-order valence-corrected chi connectivity index (χ4v) is 7.14. The topological polar surface area (TPSA) is 29.5 Å². The van der Waals surface area contributed by atoms with Gasteiger partial charge in [-0.2, -0.15) is 0 Å².